The molecule has 400 valence electrons. The normalized spacial score (nSPS) is 13.6. The number of ether oxygens (including phenoxy) is 1. The third-order valence-corrected chi connectivity index (χ3v) is 16.2. The second-order valence-electron chi connectivity index (χ2n) is 23.8. The van der Waals surface area contributed by atoms with Crippen LogP contribution < -0.4 is 14.5 Å². The molecule has 80 heavy (non-hydrogen) atoms. The van der Waals surface area contributed by atoms with Crippen molar-refractivity contribution in [3.05, 3.63) is 236 Å². The molecule has 3 aromatic heterocycles. The first-order valence-corrected chi connectivity index (χ1v) is 28.0. The van der Waals surface area contributed by atoms with Crippen LogP contribution in [0.25, 0.3) is 81.2 Å². The van der Waals surface area contributed by atoms with E-state index in [2.05, 4.69) is 228 Å². The van der Waals surface area contributed by atoms with Gasteiger partial charge in [0, 0.05) is 101 Å². The van der Waals surface area contributed by atoms with Crippen molar-refractivity contribution in [3.8, 4) is 50.7 Å². The van der Waals surface area contributed by atoms with Gasteiger partial charge in [0.15, 0.2) is 0 Å². The molecule has 0 spiro atoms. The molecule has 1 aliphatic rings. The average molecular weight is 1240 g/mol. The molecule has 13 rings (SSSR count). The van der Waals surface area contributed by atoms with E-state index in [0.29, 0.717) is 34.0 Å². The molecule has 9 aromatic carbocycles. The van der Waals surface area contributed by atoms with Gasteiger partial charge in [-0.3, -0.25) is 0 Å². The molecule has 0 unspecified atom stereocenters. The number of fused-ring (bicyclic) bond motifs is 8. The van der Waals surface area contributed by atoms with E-state index in [4.69, 9.17) is 9.72 Å². The molecular formula is C73H63N4OPtS-3. The maximum atomic E-state index is 9.82. The van der Waals surface area contributed by atoms with Crippen LogP contribution >= 0.6 is 11.3 Å². The quantitative estimate of drug-likeness (QED) is 0.135. The SMILES string of the molecule is [2H]c1nc(-n2c3[c-]c(Oc4[c-]c(N5[CH-]N(c6c(-c7ccccc7)cc(C(C)(C)C)cc6-c6ccccc6)c6ccccc65)ccc4)ccc3c3c4sc5ccccc5c4ccc32)cc(C([2H])([2H])C(C)(C)C)c1-c1ccc(C(C)(C)C)cc1.[Pt]. The standard InChI is InChI=1S/C73H63N4OS.Pt/c1-71(2,3)44-50-39-67(74-45-61(50)49-31-33-51(34-32-49)72(4,5)6)77-64-38-37-57-56-27-16-19-30-66(56)79-70(57)68(64)58-36-35-55(43-65(58)77)78-54-26-20-25-53(42-54)75-46-76(63-29-18-17-28-62(63)75)69-59(47-21-12-10-13-22-47)40-52(73(7,8)9)41-60(69)48-23-14-11-15-24-48;/h10-41,45-46H,44H2,1-9H3;/q-3;/i44D2,45D;. The van der Waals surface area contributed by atoms with E-state index in [1.807, 2.05) is 61.7 Å². The smallest absolute Gasteiger partial charge is 0.135 e. The molecule has 0 saturated carbocycles. The summed E-state index contributed by atoms with van der Waals surface area (Å²) in [6.07, 6.45) is -1.88. The summed E-state index contributed by atoms with van der Waals surface area (Å²) in [6.45, 7) is 21.3. The van der Waals surface area contributed by atoms with Crippen LogP contribution in [0, 0.1) is 24.2 Å². The summed E-state index contributed by atoms with van der Waals surface area (Å²) in [6, 6.07) is 74.8. The minimum Gasteiger partial charge on any atom is -0.509 e. The Morgan fingerprint density at radius 1 is 0.562 bits per heavy atom. The van der Waals surface area contributed by atoms with Gasteiger partial charge >= 0.3 is 0 Å². The molecule has 0 amide bonds. The number of nitrogens with zero attached hydrogens (tertiary/aromatic N) is 4. The molecule has 0 atom stereocenters. The van der Waals surface area contributed by atoms with Gasteiger partial charge in [-0.15, -0.1) is 59.4 Å². The minimum atomic E-state index is -1.87. The number of pyridine rings is 1. The second-order valence-corrected chi connectivity index (χ2v) is 24.9. The third kappa shape index (κ3) is 9.71. The van der Waals surface area contributed by atoms with Crippen molar-refractivity contribution in [2.75, 3.05) is 9.80 Å². The second kappa shape index (κ2) is 20.4. The summed E-state index contributed by atoms with van der Waals surface area (Å²) in [4.78, 5) is 9.62. The van der Waals surface area contributed by atoms with Crippen LogP contribution in [0.15, 0.2) is 200 Å². The summed E-state index contributed by atoms with van der Waals surface area (Å²) in [5.74, 6) is 1.40. The van der Waals surface area contributed by atoms with E-state index >= 15 is 0 Å². The van der Waals surface area contributed by atoms with E-state index in [1.54, 1.807) is 11.3 Å². The molecule has 0 saturated heterocycles. The maximum Gasteiger partial charge on any atom is 0.135 e. The summed E-state index contributed by atoms with van der Waals surface area (Å²) < 4.78 is 40.6. The van der Waals surface area contributed by atoms with Crippen LogP contribution in [0.5, 0.6) is 11.5 Å². The van der Waals surface area contributed by atoms with Crippen molar-refractivity contribution in [2.45, 2.75) is 79.5 Å². The van der Waals surface area contributed by atoms with E-state index in [-0.39, 0.29) is 38.1 Å². The summed E-state index contributed by atoms with van der Waals surface area (Å²) in [7, 11) is 0. The average Bonchev–Trinajstić information content (AvgIpc) is 2.23. The molecule has 0 bridgehead atoms. The fraction of sp³-hybridized carbons (Fsp3) is 0.178. The van der Waals surface area contributed by atoms with Crippen molar-refractivity contribution < 1.29 is 29.9 Å². The summed E-state index contributed by atoms with van der Waals surface area (Å²) in [5, 5.41) is 4.32. The van der Waals surface area contributed by atoms with E-state index in [9.17, 15) is 4.11 Å². The Kier molecular flexibility index (Phi) is 12.6. The number of para-hydroxylation sites is 2. The Morgan fingerprint density at radius 3 is 1.82 bits per heavy atom. The van der Waals surface area contributed by atoms with Crippen molar-refractivity contribution in [1.29, 1.82) is 0 Å². The third-order valence-electron chi connectivity index (χ3n) is 15.0. The number of hydrogen-bond acceptors (Lipinski definition) is 5. The Labute approximate surface area is 493 Å². The number of aromatic nitrogens is 2. The first-order chi connectivity index (χ1) is 39.2. The number of anilines is 4. The molecule has 5 nitrogen and oxygen atoms in total. The number of benzene rings is 9. The fourth-order valence-electron chi connectivity index (χ4n) is 11.1. The topological polar surface area (TPSA) is 33.5 Å². The van der Waals surface area contributed by atoms with Gasteiger partial charge in [-0.05, 0) is 104 Å². The van der Waals surface area contributed by atoms with Gasteiger partial charge in [0.05, 0.1) is 1.37 Å². The number of thiophene rings is 1. The molecule has 4 heterocycles. The van der Waals surface area contributed by atoms with Crippen molar-refractivity contribution in [2.24, 2.45) is 5.41 Å². The molecule has 0 radical (unpaired) electrons. The van der Waals surface area contributed by atoms with Gasteiger partial charge in [-0.1, -0.05) is 189 Å². The van der Waals surface area contributed by atoms with E-state index in [1.165, 1.54) is 15.6 Å². The van der Waals surface area contributed by atoms with Crippen LogP contribution in [0.3, 0.4) is 0 Å². The van der Waals surface area contributed by atoms with Crippen LogP contribution in [-0.2, 0) is 38.3 Å². The molecule has 0 fully saturated rings. The Hall–Kier alpha value is -7.76. The Bertz CT molecular complexity index is 4400. The number of rotatable bonds is 9. The van der Waals surface area contributed by atoms with Gasteiger partial charge in [0.2, 0.25) is 0 Å². The largest absolute Gasteiger partial charge is 0.509 e. The summed E-state index contributed by atoms with van der Waals surface area (Å²) in [5.41, 5.74) is 13.1. The van der Waals surface area contributed by atoms with E-state index in [0.717, 1.165) is 82.5 Å². The van der Waals surface area contributed by atoms with Crippen LogP contribution in [-0.4, -0.2) is 9.55 Å². The first-order valence-electron chi connectivity index (χ1n) is 28.7. The molecule has 7 heteroatoms. The maximum absolute atomic E-state index is 9.82. The monoisotopic (exact) mass is 1240 g/mol. The zero-order chi connectivity index (χ0) is 57.0. The Morgan fingerprint density at radius 2 is 1.16 bits per heavy atom. The van der Waals surface area contributed by atoms with Crippen molar-refractivity contribution in [1.82, 2.24) is 9.55 Å². The fourth-order valence-corrected chi connectivity index (χ4v) is 12.4. The summed E-state index contributed by atoms with van der Waals surface area (Å²) >= 11 is 1.75. The zero-order valence-corrected chi connectivity index (χ0v) is 49.6. The van der Waals surface area contributed by atoms with Gasteiger partial charge in [0.1, 0.15) is 5.82 Å². The van der Waals surface area contributed by atoms with E-state index < -0.39 is 11.8 Å². The predicted molar refractivity (Wildman–Crippen MR) is 334 cm³/mol. The Balaban J connectivity index is 0.00000680. The van der Waals surface area contributed by atoms with Crippen LogP contribution in [0.4, 0.5) is 22.7 Å². The first kappa shape index (κ1) is 49.3. The zero-order valence-electron chi connectivity index (χ0n) is 49.5. The number of hydrogen-bond donors (Lipinski definition) is 0. The van der Waals surface area contributed by atoms with Gasteiger partial charge in [-0.2, -0.15) is 12.1 Å². The van der Waals surface area contributed by atoms with Gasteiger partial charge in [0.25, 0.3) is 0 Å². The van der Waals surface area contributed by atoms with Crippen molar-refractivity contribution in [3.63, 3.8) is 0 Å². The molecule has 0 aliphatic carbocycles. The predicted octanol–water partition coefficient (Wildman–Crippen LogP) is 20.5. The minimum absolute atomic E-state index is 0. The molecular weight excluding hydrogens is 1180 g/mol. The van der Waals surface area contributed by atoms with Gasteiger partial charge in [-0.25, -0.2) is 4.98 Å². The van der Waals surface area contributed by atoms with Crippen LogP contribution in [0.2, 0.25) is 0 Å². The molecule has 12 aromatic rings. The molecule has 0 N–H and O–H groups in total. The van der Waals surface area contributed by atoms with Crippen LogP contribution in [0.1, 0.15) is 83.1 Å². The van der Waals surface area contributed by atoms with Gasteiger partial charge < -0.3 is 19.1 Å². The molecule has 1 aliphatic heterocycles. The van der Waals surface area contributed by atoms with Crippen molar-refractivity contribution >= 4 is 76.1 Å².